The number of benzene rings is 3. The number of nitrogens with zero attached hydrogens (tertiary/aromatic N) is 2. The lowest BCUT2D eigenvalue weighted by molar-refractivity contribution is -0.141. The van der Waals surface area contributed by atoms with Gasteiger partial charge in [0.25, 0.3) is 5.91 Å². The van der Waals surface area contributed by atoms with Gasteiger partial charge in [-0.3, -0.25) is 4.79 Å². The van der Waals surface area contributed by atoms with E-state index in [1.165, 1.54) is 12.1 Å². The second-order valence-corrected chi connectivity index (χ2v) is 7.43. The van der Waals surface area contributed by atoms with Gasteiger partial charge in [-0.25, -0.2) is 5.01 Å². The van der Waals surface area contributed by atoms with E-state index in [4.69, 9.17) is 18.9 Å². The Labute approximate surface area is 193 Å². The highest BCUT2D eigenvalue weighted by atomic mass is 16.5. The van der Waals surface area contributed by atoms with Crippen LogP contribution < -0.4 is 14.2 Å². The van der Waals surface area contributed by atoms with Crippen LogP contribution in [-0.4, -0.2) is 44.5 Å². The van der Waals surface area contributed by atoms with E-state index in [2.05, 4.69) is 5.10 Å². The van der Waals surface area contributed by atoms with Crippen molar-refractivity contribution >= 4 is 11.6 Å². The molecule has 0 saturated carbocycles. The van der Waals surface area contributed by atoms with Crippen LogP contribution in [0.3, 0.4) is 0 Å². The van der Waals surface area contributed by atoms with Crippen LogP contribution in [-0.2, 0) is 9.53 Å². The molecule has 0 N–H and O–H groups in total. The third-order valence-corrected chi connectivity index (χ3v) is 5.37. The van der Waals surface area contributed by atoms with Crippen LogP contribution in [0, 0.1) is 0 Å². The van der Waals surface area contributed by atoms with E-state index in [-0.39, 0.29) is 5.91 Å². The van der Waals surface area contributed by atoms with Gasteiger partial charge >= 0.3 is 0 Å². The van der Waals surface area contributed by atoms with Gasteiger partial charge in [0.15, 0.2) is 17.6 Å². The predicted molar refractivity (Wildman–Crippen MR) is 125 cm³/mol. The Hall–Kier alpha value is -3.84. The fourth-order valence-electron chi connectivity index (χ4n) is 3.72. The van der Waals surface area contributed by atoms with E-state index in [0.29, 0.717) is 35.8 Å². The molecule has 1 aliphatic rings. The largest absolute Gasteiger partial charge is 0.493 e. The zero-order chi connectivity index (χ0) is 23.2. The van der Waals surface area contributed by atoms with Crippen LogP contribution in [0.1, 0.15) is 23.7 Å². The Balaban J connectivity index is 1.52. The van der Waals surface area contributed by atoms with Crippen LogP contribution in [0.2, 0.25) is 0 Å². The van der Waals surface area contributed by atoms with Crippen molar-refractivity contribution < 1.29 is 23.7 Å². The second kappa shape index (κ2) is 10.2. The predicted octanol–water partition coefficient (Wildman–Crippen LogP) is 4.82. The maximum atomic E-state index is 13.3. The minimum absolute atomic E-state index is 0.232. The molecule has 7 heteroatoms. The molecule has 0 aromatic heterocycles. The van der Waals surface area contributed by atoms with Gasteiger partial charge in [0.1, 0.15) is 11.5 Å². The summed E-state index contributed by atoms with van der Waals surface area (Å²) in [5.41, 5.74) is 2.39. The monoisotopic (exact) mass is 446 g/mol. The number of hydrogen-bond acceptors (Lipinski definition) is 6. The lowest BCUT2D eigenvalue weighted by Crippen LogP contribution is -2.30. The third-order valence-electron chi connectivity index (χ3n) is 5.37. The summed E-state index contributed by atoms with van der Waals surface area (Å²) < 4.78 is 22.2. The van der Waals surface area contributed by atoms with Crippen LogP contribution in [0.4, 0.5) is 0 Å². The molecule has 0 aliphatic carbocycles. The van der Waals surface area contributed by atoms with Crippen molar-refractivity contribution in [2.45, 2.75) is 12.5 Å². The molecule has 0 radical (unpaired) electrons. The maximum Gasteiger partial charge on any atom is 0.276 e. The molecule has 1 atom stereocenters. The van der Waals surface area contributed by atoms with E-state index in [0.717, 1.165) is 17.0 Å². The quantitative estimate of drug-likeness (QED) is 0.496. The maximum absolute atomic E-state index is 13.3. The molecule has 1 amide bonds. The van der Waals surface area contributed by atoms with Crippen LogP contribution in [0.15, 0.2) is 77.9 Å². The molecular weight excluding hydrogens is 420 g/mol. The molecule has 0 saturated heterocycles. The molecular formula is C26H26N2O5. The lowest BCUT2D eigenvalue weighted by atomic mass is 10.1. The molecule has 7 nitrogen and oxygen atoms in total. The smallest absolute Gasteiger partial charge is 0.276 e. The first-order valence-corrected chi connectivity index (χ1v) is 10.6. The Morgan fingerprint density at radius 2 is 1.64 bits per heavy atom. The second-order valence-electron chi connectivity index (χ2n) is 7.43. The number of rotatable bonds is 8. The molecule has 1 unspecified atom stereocenters. The topological polar surface area (TPSA) is 69.6 Å². The number of ether oxygens (including phenoxy) is 4. The number of amides is 1. The van der Waals surface area contributed by atoms with Gasteiger partial charge in [-0.2, -0.15) is 5.10 Å². The molecule has 1 aliphatic heterocycles. The Morgan fingerprint density at radius 3 is 2.36 bits per heavy atom. The summed E-state index contributed by atoms with van der Waals surface area (Å²) in [4.78, 5) is 13.3. The molecule has 1 heterocycles. The average molecular weight is 447 g/mol. The first-order valence-electron chi connectivity index (χ1n) is 10.6. The number of carbonyl (C=O) groups is 1. The normalized spacial score (nSPS) is 13.9. The number of hydrazone groups is 1. The first-order chi connectivity index (χ1) is 16.1. The van der Waals surface area contributed by atoms with Crippen LogP contribution >= 0.6 is 0 Å². The Bertz CT molecular complexity index is 1150. The number of para-hydroxylation sites is 1. The first kappa shape index (κ1) is 22.4. The van der Waals surface area contributed by atoms with Crippen molar-refractivity contribution in [1.29, 1.82) is 0 Å². The lowest BCUT2D eigenvalue weighted by Gasteiger charge is -2.20. The molecule has 0 fully saturated rings. The summed E-state index contributed by atoms with van der Waals surface area (Å²) in [6.07, 6.45) is -0.160. The zero-order valence-corrected chi connectivity index (χ0v) is 18.9. The van der Waals surface area contributed by atoms with Gasteiger partial charge in [0.2, 0.25) is 0 Å². The Kier molecular flexibility index (Phi) is 6.90. The van der Waals surface area contributed by atoms with E-state index >= 15 is 0 Å². The highest BCUT2D eigenvalue weighted by Gasteiger charge is 2.30. The standard InChI is InChI=1S/C26H26N2O5/c1-30-23-13-12-18(17-24(23)31-2)22-14-15-28(27-22)26(29)25(32-3)19-8-7-11-21(16-19)33-20-9-5-4-6-10-20/h4-13,16-17,25H,14-15H2,1-3H3. The van der Waals surface area contributed by atoms with E-state index in [9.17, 15) is 4.79 Å². The average Bonchev–Trinajstić information content (AvgIpc) is 3.35. The highest BCUT2D eigenvalue weighted by molar-refractivity contribution is 6.03. The molecule has 0 spiro atoms. The highest BCUT2D eigenvalue weighted by Crippen LogP contribution is 2.31. The summed E-state index contributed by atoms with van der Waals surface area (Å²) in [5.74, 6) is 2.38. The number of carbonyl (C=O) groups excluding carboxylic acids is 1. The number of methoxy groups -OCH3 is 3. The fourth-order valence-corrected chi connectivity index (χ4v) is 3.72. The van der Waals surface area contributed by atoms with Gasteiger partial charge in [-0.15, -0.1) is 0 Å². The van der Waals surface area contributed by atoms with Crippen LogP contribution in [0.5, 0.6) is 23.0 Å². The summed E-state index contributed by atoms with van der Waals surface area (Å²) in [6, 6.07) is 22.4. The molecule has 0 bridgehead atoms. The van der Waals surface area contributed by atoms with E-state index in [1.54, 1.807) is 14.2 Å². The summed E-state index contributed by atoms with van der Waals surface area (Å²) in [7, 11) is 4.70. The minimum atomic E-state index is -0.794. The van der Waals surface area contributed by atoms with Crippen molar-refractivity contribution in [3.63, 3.8) is 0 Å². The van der Waals surface area contributed by atoms with Crippen molar-refractivity contribution in [2.75, 3.05) is 27.9 Å². The Morgan fingerprint density at radius 1 is 0.879 bits per heavy atom. The van der Waals surface area contributed by atoms with Gasteiger partial charge < -0.3 is 18.9 Å². The molecule has 3 aromatic carbocycles. The van der Waals surface area contributed by atoms with Gasteiger partial charge in [-0.1, -0.05) is 30.3 Å². The van der Waals surface area contributed by atoms with Crippen molar-refractivity contribution in [1.82, 2.24) is 5.01 Å². The van der Waals surface area contributed by atoms with Gasteiger partial charge in [-0.05, 0) is 48.0 Å². The summed E-state index contributed by atoms with van der Waals surface area (Å²) >= 11 is 0. The van der Waals surface area contributed by atoms with E-state index in [1.807, 2.05) is 72.8 Å². The molecule has 170 valence electrons. The van der Waals surface area contributed by atoms with Crippen molar-refractivity contribution in [3.05, 3.63) is 83.9 Å². The van der Waals surface area contributed by atoms with Crippen LogP contribution in [0.25, 0.3) is 0 Å². The zero-order valence-electron chi connectivity index (χ0n) is 18.9. The van der Waals surface area contributed by atoms with Crippen molar-refractivity contribution in [2.24, 2.45) is 5.10 Å². The number of hydrogen-bond donors (Lipinski definition) is 0. The van der Waals surface area contributed by atoms with Crippen molar-refractivity contribution in [3.8, 4) is 23.0 Å². The fraction of sp³-hybridized carbons (Fsp3) is 0.231. The van der Waals surface area contributed by atoms with E-state index < -0.39 is 6.10 Å². The summed E-state index contributed by atoms with van der Waals surface area (Å²) in [5, 5.41) is 6.03. The third kappa shape index (κ3) is 4.99. The molecule has 3 aromatic rings. The minimum Gasteiger partial charge on any atom is -0.493 e. The van der Waals surface area contributed by atoms with Gasteiger partial charge in [0.05, 0.1) is 26.5 Å². The van der Waals surface area contributed by atoms with Gasteiger partial charge in [0, 0.05) is 19.1 Å². The summed E-state index contributed by atoms with van der Waals surface area (Å²) in [6.45, 7) is 0.475. The molecule has 4 rings (SSSR count). The SMILES string of the molecule is COc1ccc(C2=NN(C(=O)C(OC)c3cccc(Oc4ccccc4)c3)CC2)cc1OC. The molecule has 33 heavy (non-hydrogen) atoms.